The van der Waals surface area contributed by atoms with Gasteiger partial charge in [-0.2, -0.15) is 0 Å². The Morgan fingerprint density at radius 3 is 2.25 bits per heavy atom. The van der Waals surface area contributed by atoms with Crippen LogP contribution >= 0.6 is 0 Å². The number of hydrogen-bond donors (Lipinski definition) is 3. The fourth-order valence-electron chi connectivity index (χ4n) is 1.16. The van der Waals surface area contributed by atoms with Gasteiger partial charge in [0.1, 0.15) is 6.04 Å². The van der Waals surface area contributed by atoms with E-state index in [4.69, 9.17) is 5.11 Å². The van der Waals surface area contributed by atoms with Crippen LogP contribution in [-0.4, -0.2) is 36.6 Å². The Hall–Kier alpha value is -1.10. The van der Waals surface area contributed by atoms with Crippen LogP contribution in [-0.2, 0) is 9.59 Å². The molecule has 0 spiro atoms. The molecule has 0 aromatic rings. The lowest BCUT2D eigenvalue weighted by Gasteiger charge is -2.18. The summed E-state index contributed by atoms with van der Waals surface area (Å²) in [6.07, 6.45) is 1.16. The summed E-state index contributed by atoms with van der Waals surface area (Å²) in [7, 11) is 1.62. The minimum Gasteiger partial charge on any atom is -0.480 e. The summed E-state index contributed by atoms with van der Waals surface area (Å²) in [5.41, 5.74) is -0.394. The maximum absolute atomic E-state index is 11.5. The molecule has 16 heavy (non-hydrogen) atoms. The largest absolute Gasteiger partial charge is 0.480 e. The third-order valence-electron chi connectivity index (χ3n) is 2.28. The van der Waals surface area contributed by atoms with Crippen molar-refractivity contribution in [2.45, 2.75) is 39.7 Å². The van der Waals surface area contributed by atoms with Gasteiger partial charge in [0.15, 0.2) is 0 Å². The van der Waals surface area contributed by atoms with Gasteiger partial charge in [0.2, 0.25) is 5.91 Å². The van der Waals surface area contributed by atoms with Crippen molar-refractivity contribution in [1.82, 2.24) is 10.6 Å². The van der Waals surface area contributed by atoms with Gasteiger partial charge >= 0.3 is 5.97 Å². The fourth-order valence-corrected chi connectivity index (χ4v) is 1.16. The van der Waals surface area contributed by atoms with E-state index >= 15 is 0 Å². The summed E-state index contributed by atoms with van der Waals surface area (Å²) >= 11 is 0. The first-order chi connectivity index (χ1) is 7.29. The number of hydrogen-bond acceptors (Lipinski definition) is 3. The molecule has 0 aromatic carbocycles. The van der Waals surface area contributed by atoms with E-state index in [0.29, 0.717) is 19.4 Å². The third-order valence-corrected chi connectivity index (χ3v) is 2.28. The number of carbonyl (C=O) groups excluding carboxylic acids is 1. The minimum absolute atomic E-state index is 0.0103. The fraction of sp³-hybridized carbons (Fsp3) is 0.818. The summed E-state index contributed by atoms with van der Waals surface area (Å²) in [5, 5.41) is 14.3. The van der Waals surface area contributed by atoms with Gasteiger partial charge in [0.05, 0.1) is 0 Å². The molecule has 0 aliphatic heterocycles. The Bertz CT molecular complexity index is 246. The van der Waals surface area contributed by atoms with Gasteiger partial charge in [-0.3, -0.25) is 9.59 Å². The van der Waals surface area contributed by atoms with Crippen molar-refractivity contribution in [1.29, 1.82) is 0 Å². The third kappa shape index (κ3) is 5.70. The quantitative estimate of drug-likeness (QED) is 0.584. The lowest BCUT2D eigenvalue weighted by Crippen LogP contribution is -2.37. The van der Waals surface area contributed by atoms with E-state index in [1.165, 1.54) is 0 Å². The molecule has 0 aromatic heterocycles. The first kappa shape index (κ1) is 14.9. The van der Waals surface area contributed by atoms with Crippen molar-refractivity contribution in [3.63, 3.8) is 0 Å². The number of rotatable bonds is 6. The summed E-state index contributed by atoms with van der Waals surface area (Å²) in [6, 6.07) is -0.536. The van der Waals surface area contributed by atoms with Crippen LogP contribution in [0.1, 0.15) is 33.6 Å². The van der Waals surface area contributed by atoms with E-state index in [2.05, 4.69) is 10.6 Å². The molecule has 1 unspecified atom stereocenters. The van der Waals surface area contributed by atoms with Gasteiger partial charge in [-0.25, -0.2) is 0 Å². The average Bonchev–Trinajstić information content (AvgIpc) is 2.15. The molecular weight excluding hydrogens is 208 g/mol. The van der Waals surface area contributed by atoms with Gasteiger partial charge in [-0.05, 0) is 19.9 Å². The lowest BCUT2D eigenvalue weighted by molar-refractivity contribution is -0.139. The van der Waals surface area contributed by atoms with Gasteiger partial charge in [0.25, 0.3) is 0 Å². The maximum atomic E-state index is 11.5. The zero-order valence-corrected chi connectivity index (χ0v) is 10.5. The van der Waals surface area contributed by atoms with Gasteiger partial charge in [-0.1, -0.05) is 20.8 Å². The molecule has 1 amide bonds. The number of aliphatic carboxylic acids is 1. The monoisotopic (exact) mass is 230 g/mol. The molecular formula is C11H22N2O3. The van der Waals surface area contributed by atoms with Crippen molar-refractivity contribution < 1.29 is 14.7 Å². The van der Waals surface area contributed by atoms with Crippen LogP contribution in [0.25, 0.3) is 0 Å². The van der Waals surface area contributed by atoms with Crippen molar-refractivity contribution in [2.75, 3.05) is 13.6 Å². The van der Waals surface area contributed by atoms with Crippen LogP contribution in [0.5, 0.6) is 0 Å². The van der Waals surface area contributed by atoms with Crippen LogP contribution in [0.2, 0.25) is 0 Å². The zero-order chi connectivity index (χ0) is 12.8. The molecule has 0 bridgehead atoms. The first-order valence-corrected chi connectivity index (χ1v) is 5.47. The molecule has 0 fully saturated rings. The Morgan fingerprint density at radius 1 is 1.31 bits per heavy atom. The Labute approximate surface area is 96.6 Å². The summed E-state index contributed by atoms with van der Waals surface area (Å²) < 4.78 is 0. The number of carboxylic acids is 1. The highest BCUT2D eigenvalue weighted by Gasteiger charge is 2.20. The molecule has 0 aliphatic carbocycles. The van der Waals surface area contributed by atoms with Crippen molar-refractivity contribution >= 4 is 11.9 Å². The van der Waals surface area contributed by atoms with Crippen molar-refractivity contribution in [3.05, 3.63) is 0 Å². The van der Waals surface area contributed by atoms with Crippen LogP contribution in [0.4, 0.5) is 0 Å². The molecule has 1 atom stereocenters. The summed E-state index contributed by atoms with van der Waals surface area (Å²) in [6.45, 7) is 6.05. The van der Waals surface area contributed by atoms with Crippen LogP contribution < -0.4 is 10.6 Å². The molecule has 0 radical (unpaired) electrons. The normalized spacial score (nSPS) is 13.2. The van der Waals surface area contributed by atoms with E-state index in [-0.39, 0.29) is 5.91 Å². The highest BCUT2D eigenvalue weighted by atomic mass is 16.4. The molecule has 0 saturated carbocycles. The SMILES string of the molecule is CNC(CCCNC(=O)C(C)(C)C)C(=O)O. The van der Waals surface area contributed by atoms with E-state index < -0.39 is 17.4 Å². The highest BCUT2D eigenvalue weighted by molar-refractivity contribution is 5.81. The Kier molecular flexibility index (Phi) is 6.03. The molecule has 5 heteroatoms. The number of nitrogens with one attached hydrogen (secondary N) is 2. The van der Waals surface area contributed by atoms with Crippen LogP contribution in [0.3, 0.4) is 0 Å². The van der Waals surface area contributed by atoms with Crippen molar-refractivity contribution in [3.8, 4) is 0 Å². The maximum Gasteiger partial charge on any atom is 0.320 e. The van der Waals surface area contributed by atoms with E-state index in [1.54, 1.807) is 7.05 Å². The highest BCUT2D eigenvalue weighted by Crippen LogP contribution is 2.12. The predicted octanol–water partition coefficient (Wildman–Crippen LogP) is 0.601. The van der Waals surface area contributed by atoms with Crippen molar-refractivity contribution in [2.24, 2.45) is 5.41 Å². The topological polar surface area (TPSA) is 78.4 Å². The van der Waals surface area contributed by atoms with E-state index in [0.717, 1.165) is 0 Å². The predicted molar refractivity (Wildman–Crippen MR) is 62.2 cm³/mol. The van der Waals surface area contributed by atoms with Crippen LogP contribution in [0.15, 0.2) is 0 Å². The van der Waals surface area contributed by atoms with Gasteiger partial charge in [0, 0.05) is 12.0 Å². The second kappa shape index (κ2) is 6.48. The number of amides is 1. The number of carbonyl (C=O) groups is 2. The first-order valence-electron chi connectivity index (χ1n) is 5.47. The Balaban J connectivity index is 3.76. The number of carboxylic acid groups (broad SMARTS) is 1. The molecule has 0 aliphatic rings. The Morgan fingerprint density at radius 2 is 1.88 bits per heavy atom. The summed E-state index contributed by atoms with van der Waals surface area (Å²) in [5.74, 6) is -0.867. The van der Waals surface area contributed by atoms with Gasteiger partial charge < -0.3 is 15.7 Å². The molecule has 94 valence electrons. The van der Waals surface area contributed by atoms with Crippen LogP contribution in [0, 0.1) is 5.41 Å². The standard InChI is InChI=1S/C11H22N2O3/c1-11(2,3)10(16)13-7-5-6-8(12-4)9(14)15/h8,12H,5-7H2,1-4H3,(H,13,16)(H,14,15). The second-order valence-corrected chi connectivity index (χ2v) is 4.83. The minimum atomic E-state index is -0.857. The zero-order valence-electron chi connectivity index (χ0n) is 10.5. The van der Waals surface area contributed by atoms with Gasteiger partial charge in [-0.15, -0.1) is 0 Å². The molecule has 0 saturated heterocycles. The molecule has 0 rings (SSSR count). The average molecular weight is 230 g/mol. The smallest absolute Gasteiger partial charge is 0.320 e. The summed E-state index contributed by atoms with van der Waals surface area (Å²) in [4.78, 5) is 22.1. The lowest BCUT2D eigenvalue weighted by atomic mass is 9.95. The molecule has 0 heterocycles. The number of likely N-dealkylation sites (N-methyl/N-ethyl adjacent to an activating group) is 1. The molecule has 3 N–H and O–H groups in total. The van der Waals surface area contributed by atoms with E-state index in [1.807, 2.05) is 20.8 Å². The second-order valence-electron chi connectivity index (χ2n) is 4.83. The molecule has 5 nitrogen and oxygen atoms in total. The van der Waals surface area contributed by atoms with E-state index in [9.17, 15) is 9.59 Å².